The Bertz CT molecular complexity index is 819. The molecule has 144 valence electrons. The summed E-state index contributed by atoms with van der Waals surface area (Å²) in [5.41, 5.74) is 0.120. The number of hydrogen-bond donors (Lipinski definition) is 1. The van der Waals surface area contributed by atoms with Crippen molar-refractivity contribution in [3.63, 3.8) is 0 Å². The van der Waals surface area contributed by atoms with Crippen LogP contribution < -0.4 is 5.32 Å². The Labute approximate surface area is 154 Å². The number of ether oxygens (including phenoxy) is 2. The molecule has 27 heavy (non-hydrogen) atoms. The van der Waals surface area contributed by atoms with Gasteiger partial charge in [0, 0.05) is 6.54 Å². The van der Waals surface area contributed by atoms with Gasteiger partial charge in [-0.15, -0.1) is 5.10 Å². The molecule has 1 amide bonds. The van der Waals surface area contributed by atoms with Crippen molar-refractivity contribution in [2.24, 2.45) is 0 Å². The summed E-state index contributed by atoms with van der Waals surface area (Å²) in [5.74, 6) is -2.53. The van der Waals surface area contributed by atoms with Gasteiger partial charge < -0.3 is 14.8 Å². The van der Waals surface area contributed by atoms with E-state index < -0.39 is 17.8 Å². The number of aromatic nitrogens is 3. The van der Waals surface area contributed by atoms with E-state index in [-0.39, 0.29) is 43.5 Å². The summed E-state index contributed by atoms with van der Waals surface area (Å²) in [7, 11) is 0. The Morgan fingerprint density at radius 1 is 1.07 bits per heavy atom. The lowest BCUT2D eigenvalue weighted by molar-refractivity contribution is -0.122. The SMILES string of the molecule is CCOC(=O)c1nnn(CC(=O)NCc2ccc(F)cc2)c1C(=O)OCC. The van der Waals surface area contributed by atoms with E-state index >= 15 is 0 Å². The molecule has 0 unspecified atom stereocenters. The maximum Gasteiger partial charge on any atom is 0.361 e. The van der Waals surface area contributed by atoms with Gasteiger partial charge in [-0.25, -0.2) is 18.7 Å². The summed E-state index contributed by atoms with van der Waals surface area (Å²) >= 11 is 0. The van der Waals surface area contributed by atoms with Crippen molar-refractivity contribution in [3.8, 4) is 0 Å². The lowest BCUT2D eigenvalue weighted by Crippen LogP contribution is -2.29. The van der Waals surface area contributed by atoms with Crippen LogP contribution in [0.4, 0.5) is 4.39 Å². The minimum atomic E-state index is -0.836. The first-order chi connectivity index (χ1) is 13.0. The van der Waals surface area contributed by atoms with Gasteiger partial charge in [0.25, 0.3) is 0 Å². The molecule has 0 aliphatic heterocycles. The summed E-state index contributed by atoms with van der Waals surface area (Å²) in [6.07, 6.45) is 0. The van der Waals surface area contributed by atoms with Crippen LogP contribution >= 0.6 is 0 Å². The Kier molecular flexibility index (Phi) is 6.98. The van der Waals surface area contributed by atoms with Crippen molar-refractivity contribution in [2.45, 2.75) is 26.9 Å². The Hall–Kier alpha value is -3.30. The minimum absolute atomic E-state index is 0.0725. The Morgan fingerprint density at radius 3 is 2.33 bits per heavy atom. The van der Waals surface area contributed by atoms with Gasteiger partial charge in [0.05, 0.1) is 13.2 Å². The number of halogens is 1. The molecule has 0 bridgehead atoms. The maximum absolute atomic E-state index is 12.9. The predicted molar refractivity (Wildman–Crippen MR) is 90.2 cm³/mol. The van der Waals surface area contributed by atoms with Crippen LogP contribution in [0.1, 0.15) is 40.4 Å². The first kappa shape index (κ1) is 20.0. The third-order valence-corrected chi connectivity index (χ3v) is 3.37. The summed E-state index contributed by atoms with van der Waals surface area (Å²) in [5, 5.41) is 9.93. The molecule has 2 rings (SSSR count). The predicted octanol–water partition coefficient (Wildman–Crippen LogP) is 1.09. The molecular formula is C17H19FN4O5. The molecule has 2 aromatic rings. The number of carbonyl (C=O) groups is 3. The van der Waals surface area contributed by atoms with Gasteiger partial charge in [-0.05, 0) is 31.5 Å². The van der Waals surface area contributed by atoms with Crippen LogP contribution in [-0.4, -0.2) is 46.1 Å². The third kappa shape index (κ3) is 5.33. The van der Waals surface area contributed by atoms with Crippen molar-refractivity contribution in [3.05, 3.63) is 47.0 Å². The lowest BCUT2D eigenvalue weighted by atomic mass is 10.2. The van der Waals surface area contributed by atoms with E-state index in [0.717, 1.165) is 4.68 Å². The van der Waals surface area contributed by atoms with Crippen LogP contribution in [0.2, 0.25) is 0 Å². The molecule has 0 radical (unpaired) electrons. The highest BCUT2D eigenvalue weighted by Crippen LogP contribution is 2.10. The smallest absolute Gasteiger partial charge is 0.361 e. The molecule has 1 aromatic carbocycles. The van der Waals surface area contributed by atoms with Crippen LogP contribution in [0.3, 0.4) is 0 Å². The largest absolute Gasteiger partial charge is 0.461 e. The fraction of sp³-hybridized carbons (Fsp3) is 0.353. The molecule has 1 N–H and O–H groups in total. The van der Waals surface area contributed by atoms with Crippen molar-refractivity contribution in [1.82, 2.24) is 20.3 Å². The number of hydrogen-bond acceptors (Lipinski definition) is 7. The van der Waals surface area contributed by atoms with Crippen molar-refractivity contribution in [2.75, 3.05) is 13.2 Å². The molecule has 0 saturated carbocycles. The average molecular weight is 378 g/mol. The quantitative estimate of drug-likeness (QED) is 0.684. The number of nitrogens with one attached hydrogen (secondary N) is 1. The van der Waals surface area contributed by atoms with Crippen LogP contribution in [0.5, 0.6) is 0 Å². The van der Waals surface area contributed by atoms with Gasteiger partial charge in [-0.3, -0.25) is 4.79 Å². The average Bonchev–Trinajstić information content (AvgIpc) is 3.05. The van der Waals surface area contributed by atoms with Gasteiger partial charge in [-0.1, -0.05) is 17.3 Å². The molecule has 0 aliphatic rings. The van der Waals surface area contributed by atoms with Gasteiger partial charge in [0.15, 0.2) is 5.69 Å². The highest BCUT2D eigenvalue weighted by molar-refractivity contribution is 6.00. The second kappa shape index (κ2) is 9.41. The van der Waals surface area contributed by atoms with E-state index in [1.54, 1.807) is 13.8 Å². The second-order valence-electron chi connectivity index (χ2n) is 5.29. The van der Waals surface area contributed by atoms with Gasteiger partial charge in [0.2, 0.25) is 11.6 Å². The molecule has 0 atom stereocenters. The van der Waals surface area contributed by atoms with E-state index in [1.807, 2.05) is 0 Å². The lowest BCUT2D eigenvalue weighted by Gasteiger charge is -2.08. The summed E-state index contributed by atoms with van der Waals surface area (Å²) in [4.78, 5) is 36.2. The van der Waals surface area contributed by atoms with E-state index in [1.165, 1.54) is 24.3 Å². The second-order valence-corrected chi connectivity index (χ2v) is 5.29. The van der Waals surface area contributed by atoms with Gasteiger partial charge in [0.1, 0.15) is 12.4 Å². The van der Waals surface area contributed by atoms with E-state index in [4.69, 9.17) is 9.47 Å². The molecule has 10 heteroatoms. The number of amides is 1. The van der Waals surface area contributed by atoms with Crippen LogP contribution in [-0.2, 0) is 27.4 Å². The number of esters is 2. The Morgan fingerprint density at radius 2 is 1.70 bits per heavy atom. The van der Waals surface area contributed by atoms with Crippen LogP contribution in [0.15, 0.2) is 24.3 Å². The summed E-state index contributed by atoms with van der Waals surface area (Å²) < 4.78 is 23.6. The zero-order valence-electron chi connectivity index (χ0n) is 14.9. The molecule has 0 fully saturated rings. The highest BCUT2D eigenvalue weighted by atomic mass is 19.1. The van der Waals surface area contributed by atoms with Gasteiger partial charge >= 0.3 is 11.9 Å². The summed E-state index contributed by atoms with van der Waals surface area (Å²) in [6, 6.07) is 5.63. The first-order valence-corrected chi connectivity index (χ1v) is 8.25. The topological polar surface area (TPSA) is 112 Å². The Balaban J connectivity index is 2.11. The standard InChI is InChI=1S/C17H19FN4O5/c1-3-26-16(24)14-15(17(25)27-4-2)22(21-20-14)10-13(23)19-9-11-5-7-12(18)8-6-11/h5-8H,3-4,9-10H2,1-2H3,(H,19,23). The minimum Gasteiger partial charge on any atom is -0.461 e. The van der Waals surface area contributed by atoms with Crippen LogP contribution in [0.25, 0.3) is 0 Å². The first-order valence-electron chi connectivity index (χ1n) is 8.25. The fourth-order valence-corrected chi connectivity index (χ4v) is 2.16. The zero-order valence-corrected chi connectivity index (χ0v) is 14.9. The number of benzene rings is 1. The van der Waals surface area contributed by atoms with Crippen molar-refractivity contribution >= 4 is 17.8 Å². The zero-order chi connectivity index (χ0) is 19.8. The normalized spacial score (nSPS) is 10.3. The van der Waals surface area contributed by atoms with Crippen molar-refractivity contribution < 1.29 is 28.2 Å². The fourth-order valence-electron chi connectivity index (χ4n) is 2.16. The molecule has 9 nitrogen and oxygen atoms in total. The molecular weight excluding hydrogens is 359 g/mol. The number of nitrogens with zero attached hydrogens (tertiary/aromatic N) is 3. The molecule has 1 aromatic heterocycles. The van der Waals surface area contributed by atoms with E-state index in [0.29, 0.717) is 5.56 Å². The third-order valence-electron chi connectivity index (χ3n) is 3.37. The summed E-state index contributed by atoms with van der Waals surface area (Å²) in [6.45, 7) is 3.17. The highest BCUT2D eigenvalue weighted by Gasteiger charge is 2.28. The van der Waals surface area contributed by atoms with Crippen LogP contribution in [0, 0.1) is 5.82 Å². The molecule has 0 saturated heterocycles. The molecule has 0 spiro atoms. The van der Waals surface area contributed by atoms with E-state index in [2.05, 4.69) is 15.6 Å². The van der Waals surface area contributed by atoms with Crippen molar-refractivity contribution in [1.29, 1.82) is 0 Å². The van der Waals surface area contributed by atoms with E-state index in [9.17, 15) is 18.8 Å². The van der Waals surface area contributed by atoms with Gasteiger partial charge in [-0.2, -0.15) is 0 Å². The molecule has 1 heterocycles. The monoisotopic (exact) mass is 378 g/mol. The number of carbonyl (C=O) groups excluding carboxylic acids is 3. The molecule has 0 aliphatic carbocycles. The number of rotatable bonds is 8. The maximum atomic E-state index is 12.9.